The van der Waals surface area contributed by atoms with Crippen molar-refractivity contribution in [1.29, 1.82) is 0 Å². The Labute approximate surface area is 130 Å². The van der Waals surface area contributed by atoms with Gasteiger partial charge in [0.15, 0.2) is 0 Å². The van der Waals surface area contributed by atoms with Crippen molar-refractivity contribution in [3.63, 3.8) is 0 Å². The lowest BCUT2D eigenvalue weighted by molar-refractivity contribution is 0.0780. The highest BCUT2D eigenvalue weighted by atomic mass is 35.5. The van der Waals surface area contributed by atoms with Crippen molar-refractivity contribution >= 4 is 17.5 Å². The average Bonchev–Trinajstić information content (AvgIpc) is 2.50. The SMILES string of the molecule is CN1CCc2c(CCc3ccc(Cl)cc3)cccc2C1=O. The molecule has 0 aliphatic carbocycles. The Morgan fingerprint density at radius 2 is 1.86 bits per heavy atom. The Morgan fingerprint density at radius 3 is 2.62 bits per heavy atom. The second-order valence-electron chi connectivity index (χ2n) is 5.55. The first-order valence-electron chi connectivity index (χ1n) is 7.26. The first kappa shape index (κ1) is 14.2. The van der Waals surface area contributed by atoms with Crippen LogP contribution in [0.5, 0.6) is 0 Å². The van der Waals surface area contributed by atoms with E-state index in [0.29, 0.717) is 0 Å². The minimum atomic E-state index is 0.143. The normalized spacial score (nSPS) is 14.2. The van der Waals surface area contributed by atoms with Crippen molar-refractivity contribution in [2.45, 2.75) is 19.3 Å². The fourth-order valence-corrected chi connectivity index (χ4v) is 3.01. The van der Waals surface area contributed by atoms with E-state index in [4.69, 9.17) is 11.6 Å². The number of benzene rings is 2. The summed E-state index contributed by atoms with van der Waals surface area (Å²) >= 11 is 5.91. The predicted octanol–water partition coefficient (Wildman–Crippen LogP) is 3.75. The molecule has 0 radical (unpaired) electrons. The predicted molar refractivity (Wildman–Crippen MR) is 86.0 cm³/mol. The summed E-state index contributed by atoms with van der Waals surface area (Å²) in [7, 11) is 1.87. The van der Waals surface area contributed by atoms with E-state index in [-0.39, 0.29) is 5.91 Å². The van der Waals surface area contributed by atoms with Crippen LogP contribution < -0.4 is 0 Å². The van der Waals surface area contributed by atoms with Crippen molar-refractivity contribution in [3.8, 4) is 0 Å². The van der Waals surface area contributed by atoms with E-state index in [2.05, 4.69) is 18.2 Å². The van der Waals surface area contributed by atoms with Crippen LogP contribution in [-0.4, -0.2) is 24.4 Å². The quantitative estimate of drug-likeness (QED) is 0.845. The Morgan fingerprint density at radius 1 is 1.10 bits per heavy atom. The molecule has 2 aromatic carbocycles. The highest BCUT2D eigenvalue weighted by Gasteiger charge is 2.22. The molecule has 1 heterocycles. The number of halogens is 1. The summed E-state index contributed by atoms with van der Waals surface area (Å²) in [4.78, 5) is 14.0. The molecular weight excluding hydrogens is 282 g/mol. The van der Waals surface area contributed by atoms with E-state index >= 15 is 0 Å². The van der Waals surface area contributed by atoms with Gasteiger partial charge in [-0.25, -0.2) is 0 Å². The van der Waals surface area contributed by atoms with Gasteiger partial charge >= 0.3 is 0 Å². The third-order valence-electron chi connectivity index (χ3n) is 4.14. The van der Waals surface area contributed by atoms with Gasteiger partial charge in [-0.1, -0.05) is 35.9 Å². The summed E-state index contributed by atoms with van der Waals surface area (Å²) < 4.78 is 0. The van der Waals surface area contributed by atoms with Gasteiger partial charge in [-0.3, -0.25) is 4.79 Å². The van der Waals surface area contributed by atoms with Crippen molar-refractivity contribution < 1.29 is 4.79 Å². The summed E-state index contributed by atoms with van der Waals surface area (Å²) in [6.07, 6.45) is 2.88. The molecule has 0 unspecified atom stereocenters. The zero-order valence-electron chi connectivity index (χ0n) is 12.1. The second-order valence-corrected chi connectivity index (χ2v) is 5.98. The minimum Gasteiger partial charge on any atom is -0.341 e. The molecule has 0 spiro atoms. The van der Waals surface area contributed by atoms with E-state index in [9.17, 15) is 4.79 Å². The first-order valence-corrected chi connectivity index (χ1v) is 7.63. The summed E-state index contributed by atoms with van der Waals surface area (Å²) in [6, 6.07) is 14.1. The van der Waals surface area contributed by atoms with Crippen LogP contribution >= 0.6 is 11.6 Å². The third kappa shape index (κ3) is 2.96. The molecule has 0 aromatic heterocycles. The number of carbonyl (C=O) groups excluding carboxylic acids is 1. The molecule has 0 N–H and O–H groups in total. The molecule has 0 saturated carbocycles. The number of fused-ring (bicyclic) bond motifs is 1. The van der Waals surface area contributed by atoms with E-state index in [1.807, 2.05) is 31.3 Å². The highest BCUT2D eigenvalue weighted by Crippen LogP contribution is 2.23. The second kappa shape index (κ2) is 5.90. The van der Waals surface area contributed by atoms with E-state index in [0.717, 1.165) is 36.4 Å². The van der Waals surface area contributed by atoms with Crippen molar-refractivity contribution in [3.05, 3.63) is 69.7 Å². The van der Waals surface area contributed by atoms with Crippen LogP contribution in [0.4, 0.5) is 0 Å². The fraction of sp³-hybridized carbons (Fsp3) is 0.278. The largest absolute Gasteiger partial charge is 0.341 e. The molecule has 0 fully saturated rings. The van der Waals surface area contributed by atoms with Gasteiger partial charge in [0.1, 0.15) is 0 Å². The van der Waals surface area contributed by atoms with E-state index < -0.39 is 0 Å². The topological polar surface area (TPSA) is 20.3 Å². The van der Waals surface area contributed by atoms with Gasteiger partial charge in [0.25, 0.3) is 5.91 Å². The Hall–Kier alpha value is -1.80. The number of aryl methyl sites for hydroxylation is 2. The molecule has 1 aliphatic heterocycles. The number of amides is 1. The standard InChI is InChI=1S/C18H18ClNO/c1-20-12-11-16-14(3-2-4-17(16)18(20)21)8-5-13-6-9-15(19)10-7-13/h2-4,6-7,9-10H,5,8,11-12H2,1H3. The van der Waals surface area contributed by atoms with Gasteiger partial charge in [0.2, 0.25) is 0 Å². The van der Waals surface area contributed by atoms with Crippen molar-refractivity contribution in [2.24, 2.45) is 0 Å². The summed E-state index contributed by atoms with van der Waals surface area (Å²) in [5.74, 6) is 0.143. The monoisotopic (exact) mass is 299 g/mol. The summed E-state index contributed by atoms with van der Waals surface area (Å²) in [6.45, 7) is 0.809. The molecule has 3 rings (SSSR count). The van der Waals surface area contributed by atoms with Crippen LogP contribution in [0.2, 0.25) is 5.02 Å². The molecule has 2 aromatic rings. The smallest absolute Gasteiger partial charge is 0.253 e. The Bertz CT molecular complexity index is 663. The molecule has 0 atom stereocenters. The summed E-state index contributed by atoms with van der Waals surface area (Å²) in [5, 5.41) is 0.768. The molecule has 2 nitrogen and oxygen atoms in total. The number of nitrogens with zero attached hydrogens (tertiary/aromatic N) is 1. The number of carbonyl (C=O) groups is 1. The van der Waals surface area contributed by atoms with Crippen LogP contribution in [0.1, 0.15) is 27.0 Å². The molecule has 1 aliphatic rings. The zero-order valence-corrected chi connectivity index (χ0v) is 12.9. The molecule has 108 valence electrons. The third-order valence-corrected chi connectivity index (χ3v) is 4.40. The molecular formula is C18H18ClNO. The van der Waals surface area contributed by atoms with Crippen molar-refractivity contribution in [2.75, 3.05) is 13.6 Å². The van der Waals surface area contributed by atoms with Crippen molar-refractivity contribution in [1.82, 2.24) is 4.90 Å². The number of rotatable bonds is 3. The molecule has 0 saturated heterocycles. The zero-order chi connectivity index (χ0) is 14.8. The fourth-order valence-electron chi connectivity index (χ4n) is 2.88. The minimum absolute atomic E-state index is 0.143. The van der Waals surface area contributed by atoms with Gasteiger partial charge in [-0.15, -0.1) is 0 Å². The highest BCUT2D eigenvalue weighted by molar-refractivity contribution is 6.30. The maximum Gasteiger partial charge on any atom is 0.253 e. The van der Waals surface area contributed by atoms with Gasteiger partial charge in [-0.2, -0.15) is 0 Å². The van der Waals surface area contributed by atoms with Gasteiger partial charge < -0.3 is 4.90 Å². The number of hydrogen-bond acceptors (Lipinski definition) is 1. The van der Waals surface area contributed by atoms with E-state index in [1.165, 1.54) is 16.7 Å². The van der Waals surface area contributed by atoms with Gasteiger partial charge in [-0.05, 0) is 54.2 Å². The van der Waals surface area contributed by atoms with Crippen LogP contribution in [-0.2, 0) is 19.3 Å². The van der Waals surface area contributed by atoms with Gasteiger partial charge in [0, 0.05) is 24.2 Å². The maximum atomic E-state index is 12.2. The lowest BCUT2D eigenvalue weighted by Crippen LogP contribution is -2.34. The van der Waals surface area contributed by atoms with Crippen LogP contribution in [0.25, 0.3) is 0 Å². The first-order chi connectivity index (χ1) is 10.1. The Balaban J connectivity index is 1.80. The van der Waals surface area contributed by atoms with Crippen LogP contribution in [0.15, 0.2) is 42.5 Å². The summed E-state index contributed by atoms with van der Waals surface area (Å²) in [5.41, 5.74) is 4.67. The van der Waals surface area contributed by atoms with Gasteiger partial charge in [0.05, 0.1) is 0 Å². The molecule has 0 bridgehead atoms. The molecule has 3 heteroatoms. The average molecular weight is 300 g/mol. The Kier molecular flexibility index (Phi) is 3.98. The van der Waals surface area contributed by atoms with E-state index in [1.54, 1.807) is 4.90 Å². The lowest BCUT2D eigenvalue weighted by Gasteiger charge is -2.26. The lowest BCUT2D eigenvalue weighted by atomic mass is 9.91. The maximum absolute atomic E-state index is 12.2. The van der Waals surface area contributed by atoms with Crippen LogP contribution in [0, 0.1) is 0 Å². The van der Waals surface area contributed by atoms with Crippen LogP contribution in [0.3, 0.4) is 0 Å². The molecule has 1 amide bonds. The number of likely N-dealkylation sites (N-methyl/N-ethyl adjacent to an activating group) is 1. The molecule has 21 heavy (non-hydrogen) atoms. The number of hydrogen-bond donors (Lipinski definition) is 0.